The van der Waals surface area contributed by atoms with Crippen LogP contribution in [0.4, 0.5) is 0 Å². The minimum absolute atomic E-state index is 0.0102. The van der Waals surface area contributed by atoms with Gasteiger partial charge in [0.1, 0.15) is 6.10 Å². The lowest BCUT2D eigenvalue weighted by atomic mass is 9.78. The Bertz CT molecular complexity index is 268. The van der Waals surface area contributed by atoms with Crippen molar-refractivity contribution in [3.8, 4) is 0 Å². The largest absolute Gasteiger partial charge is 0.361 e. The van der Waals surface area contributed by atoms with Gasteiger partial charge in [-0.15, -0.1) is 0 Å². The van der Waals surface area contributed by atoms with E-state index in [0.29, 0.717) is 12.5 Å². The van der Waals surface area contributed by atoms with Gasteiger partial charge in [-0.1, -0.05) is 19.8 Å². The van der Waals surface area contributed by atoms with Crippen molar-refractivity contribution in [2.75, 3.05) is 20.6 Å². The molecule has 1 fully saturated rings. The number of carbonyl (C=O) groups excluding carboxylic acids is 1. The molecule has 0 bridgehead atoms. The third-order valence-corrected chi connectivity index (χ3v) is 3.64. The summed E-state index contributed by atoms with van der Waals surface area (Å²) in [6.45, 7) is 4.55. The Hall–Kier alpha value is -0.610. The van der Waals surface area contributed by atoms with Crippen molar-refractivity contribution in [3.63, 3.8) is 0 Å². The van der Waals surface area contributed by atoms with Crippen LogP contribution in [-0.4, -0.2) is 43.2 Å². The molecule has 0 spiro atoms. The number of hydrogen-bond donors (Lipinski definition) is 1. The highest BCUT2D eigenvalue weighted by Crippen LogP contribution is 2.35. The predicted molar refractivity (Wildman–Crippen MR) is 68.7 cm³/mol. The smallest absolute Gasteiger partial charge is 0.250 e. The zero-order chi connectivity index (χ0) is 13.1. The Morgan fingerprint density at radius 2 is 2.24 bits per heavy atom. The summed E-state index contributed by atoms with van der Waals surface area (Å²) in [5, 5.41) is 0. The van der Waals surface area contributed by atoms with Gasteiger partial charge >= 0.3 is 0 Å². The SMILES string of the molecule is CC1CCCC(CN)(OC(C)C(=O)N(C)C)C1. The number of nitrogens with two attached hydrogens (primary N) is 1. The minimum Gasteiger partial charge on any atom is -0.361 e. The standard InChI is InChI=1S/C13H26N2O2/c1-10-6-5-7-13(8-10,9-14)17-11(2)12(16)15(3)4/h10-11H,5-9,14H2,1-4H3. The molecule has 0 heterocycles. The van der Waals surface area contributed by atoms with E-state index in [0.717, 1.165) is 19.3 Å². The summed E-state index contributed by atoms with van der Waals surface area (Å²) in [7, 11) is 3.50. The second kappa shape index (κ2) is 5.83. The van der Waals surface area contributed by atoms with Crippen LogP contribution in [0.15, 0.2) is 0 Å². The Morgan fingerprint density at radius 1 is 1.59 bits per heavy atom. The van der Waals surface area contributed by atoms with E-state index in [1.54, 1.807) is 19.0 Å². The molecule has 4 nitrogen and oxygen atoms in total. The maximum absolute atomic E-state index is 11.8. The van der Waals surface area contributed by atoms with Gasteiger partial charge in [0.2, 0.25) is 0 Å². The number of hydrogen-bond acceptors (Lipinski definition) is 3. The molecule has 3 atom stereocenters. The van der Waals surface area contributed by atoms with Crippen LogP contribution in [0.2, 0.25) is 0 Å². The number of nitrogens with zero attached hydrogens (tertiary/aromatic N) is 1. The fourth-order valence-corrected chi connectivity index (χ4v) is 2.74. The Balaban J connectivity index is 2.65. The molecule has 0 aliphatic heterocycles. The summed E-state index contributed by atoms with van der Waals surface area (Å²) < 4.78 is 6.01. The van der Waals surface area contributed by atoms with Crippen molar-refractivity contribution in [3.05, 3.63) is 0 Å². The summed E-state index contributed by atoms with van der Waals surface area (Å²) in [5.74, 6) is 0.644. The first kappa shape index (κ1) is 14.5. The predicted octanol–water partition coefficient (Wildman–Crippen LogP) is 1.39. The van der Waals surface area contributed by atoms with E-state index >= 15 is 0 Å². The molecule has 2 N–H and O–H groups in total. The number of likely N-dealkylation sites (N-methyl/N-ethyl adjacent to an activating group) is 1. The first-order chi connectivity index (χ1) is 7.90. The van der Waals surface area contributed by atoms with Crippen LogP contribution in [0.1, 0.15) is 39.5 Å². The number of ether oxygens (including phenoxy) is 1. The van der Waals surface area contributed by atoms with Gasteiger partial charge in [-0.05, 0) is 25.7 Å². The van der Waals surface area contributed by atoms with Crippen LogP contribution in [0.3, 0.4) is 0 Å². The fourth-order valence-electron chi connectivity index (χ4n) is 2.74. The maximum atomic E-state index is 11.8. The molecule has 100 valence electrons. The van der Waals surface area contributed by atoms with E-state index < -0.39 is 6.10 Å². The van der Waals surface area contributed by atoms with Crippen LogP contribution in [0.5, 0.6) is 0 Å². The van der Waals surface area contributed by atoms with E-state index in [2.05, 4.69) is 6.92 Å². The topological polar surface area (TPSA) is 55.6 Å². The Morgan fingerprint density at radius 3 is 2.71 bits per heavy atom. The Labute approximate surface area is 104 Å². The third-order valence-electron chi connectivity index (χ3n) is 3.64. The van der Waals surface area contributed by atoms with Crippen LogP contribution >= 0.6 is 0 Å². The second-order valence-corrected chi connectivity index (χ2v) is 5.58. The zero-order valence-corrected chi connectivity index (χ0v) is 11.5. The van der Waals surface area contributed by atoms with Crippen LogP contribution in [-0.2, 0) is 9.53 Å². The molecule has 4 heteroatoms. The highest BCUT2D eigenvalue weighted by Gasteiger charge is 2.37. The van der Waals surface area contributed by atoms with Crippen molar-refractivity contribution < 1.29 is 9.53 Å². The van der Waals surface area contributed by atoms with Crippen molar-refractivity contribution in [1.29, 1.82) is 0 Å². The van der Waals surface area contributed by atoms with Crippen LogP contribution in [0.25, 0.3) is 0 Å². The molecule has 3 unspecified atom stereocenters. The molecule has 1 aliphatic rings. The van der Waals surface area contributed by atoms with E-state index in [1.807, 2.05) is 6.92 Å². The molecule has 0 aromatic rings. The van der Waals surface area contributed by atoms with Gasteiger partial charge in [0.05, 0.1) is 5.60 Å². The quantitative estimate of drug-likeness (QED) is 0.810. The van der Waals surface area contributed by atoms with Gasteiger partial charge in [-0.2, -0.15) is 0 Å². The Kier molecular flexibility index (Phi) is 4.95. The molecule has 1 rings (SSSR count). The average molecular weight is 242 g/mol. The number of amides is 1. The molecule has 1 saturated carbocycles. The first-order valence-electron chi connectivity index (χ1n) is 6.49. The fraction of sp³-hybridized carbons (Fsp3) is 0.923. The van der Waals surface area contributed by atoms with Crippen LogP contribution < -0.4 is 5.73 Å². The van der Waals surface area contributed by atoms with Gasteiger partial charge in [-0.25, -0.2) is 0 Å². The molecule has 0 aromatic carbocycles. The molecule has 17 heavy (non-hydrogen) atoms. The molecule has 0 radical (unpaired) electrons. The summed E-state index contributed by atoms with van der Waals surface area (Å²) in [4.78, 5) is 13.4. The summed E-state index contributed by atoms with van der Waals surface area (Å²) in [5.41, 5.74) is 5.59. The lowest BCUT2D eigenvalue weighted by Crippen LogP contribution is -2.49. The van der Waals surface area contributed by atoms with Gasteiger partial charge < -0.3 is 15.4 Å². The molecule has 0 aromatic heterocycles. The molecular weight excluding hydrogens is 216 g/mol. The van der Waals surface area contributed by atoms with E-state index in [1.165, 1.54) is 6.42 Å². The summed E-state index contributed by atoms with van der Waals surface area (Å²) >= 11 is 0. The number of carbonyl (C=O) groups is 1. The molecule has 1 aliphatic carbocycles. The second-order valence-electron chi connectivity index (χ2n) is 5.58. The summed E-state index contributed by atoms with van der Waals surface area (Å²) in [6, 6.07) is 0. The number of rotatable bonds is 4. The monoisotopic (exact) mass is 242 g/mol. The lowest BCUT2D eigenvalue weighted by molar-refractivity contribution is -0.158. The molecule has 0 saturated heterocycles. The molecule has 1 amide bonds. The highest BCUT2D eigenvalue weighted by atomic mass is 16.5. The normalized spacial score (nSPS) is 31.0. The van der Waals surface area contributed by atoms with Gasteiger partial charge in [0, 0.05) is 20.6 Å². The van der Waals surface area contributed by atoms with Gasteiger partial charge in [-0.3, -0.25) is 4.79 Å². The minimum atomic E-state index is -0.404. The first-order valence-corrected chi connectivity index (χ1v) is 6.49. The maximum Gasteiger partial charge on any atom is 0.250 e. The van der Waals surface area contributed by atoms with Crippen molar-refractivity contribution in [1.82, 2.24) is 4.90 Å². The summed E-state index contributed by atoms with van der Waals surface area (Å²) in [6.07, 6.45) is 3.91. The van der Waals surface area contributed by atoms with Crippen molar-refractivity contribution in [2.24, 2.45) is 11.7 Å². The van der Waals surface area contributed by atoms with Gasteiger partial charge in [0.15, 0.2) is 0 Å². The van der Waals surface area contributed by atoms with E-state index in [4.69, 9.17) is 10.5 Å². The van der Waals surface area contributed by atoms with Crippen molar-refractivity contribution in [2.45, 2.75) is 51.2 Å². The van der Waals surface area contributed by atoms with Crippen molar-refractivity contribution >= 4 is 5.91 Å². The molecular formula is C13H26N2O2. The highest BCUT2D eigenvalue weighted by molar-refractivity contribution is 5.80. The lowest BCUT2D eigenvalue weighted by Gasteiger charge is -2.41. The van der Waals surface area contributed by atoms with Gasteiger partial charge in [0.25, 0.3) is 5.91 Å². The third kappa shape index (κ3) is 3.68. The van der Waals surface area contributed by atoms with Crippen LogP contribution in [0, 0.1) is 5.92 Å². The van der Waals surface area contributed by atoms with E-state index in [-0.39, 0.29) is 11.5 Å². The zero-order valence-electron chi connectivity index (χ0n) is 11.5. The average Bonchev–Trinajstić information content (AvgIpc) is 2.27. The van der Waals surface area contributed by atoms with E-state index in [9.17, 15) is 4.79 Å².